The Morgan fingerprint density at radius 3 is 2.03 bits per heavy atom. The lowest BCUT2D eigenvalue weighted by Gasteiger charge is -2.44. The Labute approximate surface area is 218 Å². The van der Waals surface area contributed by atoms with Gasteiger partial charge in [0.1, 0.15) is 54.9 Å². The van der Waals surface area contributed by atoms with Gasteiger partial charge in [0.15, 0.2) is 18.8 Å². The van der Waals surface area contributed by atoms with E-state index in [-0.39, 0.29) is 6.54 Å². The number of aliphatic hydroxyl groups excluding tert-OH is 8. The number of nitrogens with one attached hydrogen (secondary N) is 1. The van der Waals surface area contributed by atoms with Crippen molar-refractivity contribution in [3.05, 3.63) is 0 Å². The molecule has 0 saturated carbocycles. The van der Waals surface area contributed by atoms with E-state index in [0.717, 1.165) is 0 Å². The van der Waals surface area contributed by atoms with Gasteiger partial charge in [-0.1, -0.05) is 0 Å². The van der Waals surface area contributed by atoms with Gasteiger partial charge in [0.25, 0.3) is 5.91 Å². The highest BCUT2D eigenvalue weighted by molar-refractivity contribution is 5.80. The zero-order chi connectivity index (χ0) is 28.9. The van der Waals surface area contributed by atoms with E-state index in [0.29, 0.717) is 0 Å². The lowest BCUT2D eigenvalue weighted by molar-refractivity contribution is -0.324. The Bertz CT molecular complexity index is 737. The molecule has 0 aromatic heterocycles. The highest BCUT2D eigenvalue weighted by Crippen LogP contribution is 2.27. The fourth-order valence-electron chi connectivity index (χ4n) is 4.12. The van der Waals surface area contributed by atoms with Gasteiger partial charge < -0.3 is 82.3 Å². The molecule has 15 atom stereocenters. The maximum absolute atomic E-state index is 12.1. The molecule has 18 heteroatoms. The minimum atomic E-state index is -1.96. The van der Waals surface area contributed by atoms with Gasteiger partial charge in [-0.25, -0.2) is 0 Å². The van der Waals surface area contributed by atoms with Crippen LogP contribution in [0.1, 0.15) is 6.92 Å². The third-order valence-electron chi connectivity index (χ3n) is 6.54. The number of amides is 1. The van der Waals surface area contributed by atoms with E-state index >= 15 is 0 Å². The average Bonchev–Trinajstić information content (AvgIpc) is 2.89. The first-order chi connectivity index (χ1) is 17.8. The summed E-state index contributed by atoms with van der Waals surface area (Å²) in [6.07, 6.45) is -20.3. The van der Waals surface area contributed by atoms with Crippen molar-refractivity contribution in [1.82, 2.24) is 5.32 Å². The summed E-state index contributed by atoms with van der Waals surface area (Å²) in [5.41, 5.74) is 22.3. The van der Waals surface area contributed by atoms with Crippen molar-refractivity contribution in [2.75, 3.05) is 19.7 Å². The molecule has 224 valence electrons. The van der Waals surface area contributed by atoms with Crippen molar-refractivity contribution in [2.24, 2.45) is 22.9 Å². The third-order valence-corrected chi connectivity index (χ3v) is 6.54. The second-order valence-corrected chi connectivity index (χ2v) is 9.26. The topological polar surface area (TPSA) is 332 Å². The smallest absolute Gasteiger partial charge is 0.264 e. The van der Waals surface area contributed by atoms with Crippen LogP contribution in [0.3, 0.4) is 0 Å². The lowest BCUT2D eigenvalue weighted by atomic mass is 9.96. The minimum absolute atomic E-state index is 0.231. The van der Waals surface area contributed by atoms with Crippen LogP contribution in [0.2, 0.25) is 0 Å². The zero-order valence-electron chi connectivity index (χ0n) is 20.7. The molecule has 1 amide bonds. The number of ether oxygens (including phenoxy) is 4. The van der Waals surface area contributed by atoms with Crippen molar-refractivity contribution in [1.29, 1.82) is 0 Å². The van der Waals surface area contributed by atoms with E-state index in [4.69, 9.17) is 41.9 Å². The third kappa shape index (κ3) is 7.52. The van der Waals surface area contributed by atoms with Gasteiger partial charge in [-0.2, -0.15) is 0 Å². The number of rotatable bonds is 12. The normalized spacial score (nSPS) is 40.1. The second kappa shape index (κ2) is 14.5. The summed E-state index contributed by atoms with van der Waals surface area (Å²) in [5, 5.41) is 83.2. The van der Waals surface area contributed by atoms with Crippen molar-refractivity contribution < 1.29 is 64.6 Å². The Hall–Kier alpha value is -1.17. The van der Waals surface area contributed by atoms with Gasteiger partial charge in [-0.15, -0.1) is 0 Å². The second-order valence-electron chi connectivity index (χ2n) is 9.26. The summed E-state index contributed by atoms with van der Waals surface area (Å²) in [4.78, 5) is 12.1. The number of carbonyl (C=O) groups excluding carboxylic acids is 1. The van der Waals surface area contributed by atoms with Crippen LogP contribution >= 0.6 is 0 Å². The van der Waals surface area contributed by atoms with Gasteiger partial charge in [0.05, 0.1) is 24.8 Å². The maximum atomic E-state index is 12.1. The van der Waals surface area contributed by atoms with Gasteiger partial charge in [-0.3, -0.25) is 10.5 Å². The fourth-order valence-corrected chi connectivity index (χ4v) is 4.12. The highest BCUT2D eigenvalue weighted by atomic mass is 16.7. The molecule has 2 saturated heterocycles. The predicted molar refractivity (Wildman–Crippen MR) is 124 cm³/mol. The van der Waals surface area contributed by atoms with Crippen LogP contribution in [0.15, 0.2) is 0 Å². The van der Waals surface area contributed by atoms with Crippen molar-refractivity contribution >= 4 is 5.91 Å². The lowest BCUT2D eigenvalue weighted by Crippen LogP contribution is -2.66. The van der Waals surface area contributed by atoms with E-state index in [2.05, 4.69) is 5.32 Å². The Morgan fingerprint density at radius 2 is 1.50 bits per heavy atom. The summed E-state index contributed by atoms with van der Waals surface area (Å²) in [6, 6.07) is -2.63. The van der Waals surface area contributed by atoms with E-state index < -0.39 is 111 Å². The first kappa shape index (κ1) is 33.0. The summed E-state index contributed by atoms with van der Waals surface area (Å²) in [6.45, 7) is -0.0247. The maximum Gasteiger partial charge on any atom is 0.264 e. The zero-order valence-corrected chi connectivity index (χ0v) is 20.7. The van der Waals surface area contributed by atoms with Gasteiger partial charge in [0.2, 0.25) is 0 Å². The van der Waals surface area contributed by atoms with Crippen LogP contribution in [0.5, 0.6) is 0 Å². The molecule has 0 bridgehead atoms. The molecule has 2 fully saturated rings. The quantitative estimate of drug-likeness (QED) is 0.0986. The molecule has 2 aliphatic heterocycles. The molecule has 0 spiro atoms. The monoisotopic (exact) mass is 559 g/mol. The SMILES string of the molecule is CC(O[C@H]1O[C@H](CN)C(O)C(O)C1O)C(O)C(O[C@H]1OC(CO)C(O)[C@H](N)C1O)[C@@H](CN)NC(=O)[C@H](N)O. The van der Waals surface area contributed by atoms with Gasteiger partial charge >= 0.3 is 0 Å². The highest BCUT2D eigenvalue weighted by Gasteiger charge is 2.48. The van der Waals surface area contributed by atoms with E-state index in [9.17, 15) is 45.6 Å². The van der Waals surface area contributed by atoms with Crippen LogP contribution in [-0.2, 0) is 23.7 Å². The number of hydrogen-bond donors (Lipinski definition) is 13. The largest absolute Gasteiger partial charge is 0.394 e. The first-order valence-electron chi connectivity index (χ1n) is 12.0. The molecule has 2 rings (SSSR count). The minimum Gasteiger partial charge on any atom is -0.394 e. The van der Waals surface area contributed by atoms with E-state index in [1.165, 1.54) is 6.92 Å². The van der Waals surface area contributed by atoms with Crippen LogP contribution in [0.25, 0.3) is 0 Å². The van der Waals surface area contributed by atoms with Crippen molar-refractivity contribution in [3.63, 3.8) is 0 Å². The standard InChI is InChI=1S/C20H41N5O13/c1-5(35-20-15(32)14(31)12(29)7(3-22)36-20)10(27)16(6(2-21)25-18(34)17(24)33)38-19-13(30)9(23)11(28)8(4-26)37-19/h5-17,19-20,26-33H,2-4,21-24H2,1H3,(H,25,34)/t5?,6-,7-,8?,9+,10?,11?,12?,13?,14?,15?,16?,17-,19-,20+/m1/s1. The van der Waals surface area contributed by atoms with Crippen LogP contribution in [0.4, 0.5) is 0 Å². The number of nitrogens with two attached hydrogens (primary N) is 4. The van der Waals surface area contributed by atoms with Crippen LogP contribution in [0, 0.1) is 0 Å². The van der Waals surface area contributed by atoms with Crippen molar-refractivity contribution in [2.45, 2.75) is 98.9 Å². The molecular formula is C20H41N5O13. The molecule has 0 aromatic rings. The van der Waals surface area contributed by atoms with Crippen LogP contribution in [-0.4, -0.2) is 158 Å². The molecule has 0 aliphatic carbocycles. The Balaban J connectivity index is 2.29. The molecule has 38 heavy (non-hydrogen) atoms. The number of carbonyl (C=O) groups is 1. The predicted octanol–water partition coefficient (Wildman–Crippen LogP) is -8.61. The molecule has 0 aromatic carbocycles. The van der Waals surface area contributed by atoms with Crippen molar-refractivity contribution in [3.8, 4) is 0 Å². The van der Waals surface area contributed by atoms with Gasteiger partial charge in [-0.05, 0) is 6.92 Å². The summed E-state index contributed by atoms with van der Waals surface area (Å²) in [7, 11) is 0. The summed E-state index contributed by atoms with van der Waals surface area (Å²) >= 11 is 0. The molecule has 9 unspecified atom stereocenters. The number of aliphatic hydroxyl groups is 8. The van der Waals surface area contributed by atoms with Crippen LogP contribution < -0.4 is 28.3 Å². The summed E-state index contributed by atoms with van der Waals surface area (Å²) < 4.78 is 22.1. The molecular weight excluding hydrogens is 518 g/mol. The molecule has 2 aliphatic rings. The summed E-state index contributed by atoms with van der Waals surface area (Å²) in [5.74, 6) is -1.09. The Morgan fingerprint density at radius 1 is 0.921 bits per heavy atom. The molecule has 2 heterocycles. The Kier molecular flexibility index (Phi) is 12.6. The first-order valence-corrected chi connectivity index (χ1v) is 12.0. The number of hydrogen-bond acceptors (Lipinski definition) is 17. The molecule has 0 radical (unpaired) electrons. The average molecular weight is 560 g/mol. The fraction of sp³-hybridized carbons (Fsp3) is 0.950. The molecule has 17 N–H and O–H groups in total. The van der Waals surface area contributed by atoms with E-state index in [1.807, 2.05) is 0 Å². The molecule has 18 nitrogen and oxygen atoms in total. The van der Waals surface area contributed by atoms with Gasteiger partial charge in [0, 0.05) is 13.1 Å². The van der Waals surface area contributed by atoms with E-state index in [1.54, 1.807) is 0 Å².